The highest BCUT2D eigenvalue weighted by Gasteiger charge is 2.42. The van der Waals surface area contributed by atoms with Crippen molar-refractivity contribution in [1.82, 2.24) is 14.9 Å². The van der Waals surface area contributed by atoms with Gasteiger partial charge in [-0.2, -0.15) is 5.10 Å². The third kappa shape index (κ3) is 2.45. The minimum Gasteiger partial charge on any atom is -0.373 e. The van der Waals surface area contributed by atoms with Crippen LogP contribution in [0.2, 0.25) is 0 Å². The number of rotatable bonds is 4. The van der Waals surface area contributed by atoms with Gasteiger partial charge in [0, 0.05) is 11.8 Å². The highest BCUT2D eigenvalue weighted by atomic mass is 32.2. The number of aromatic nitrogens is 2. The Morgan fingerprint density at radius 1 is 1.18 bits per heavy atom. The van der Waals surface area contributed by atoms with Crippen LogP contribution < -0.4 is 4.72 Å². The molecule has 2 fully saturated rings. The molecule has 0 amide bonds. The molecule has 0 unspecified atom stereocenters. The van der Waals surface area contributed by atoms with Gasteiger partial charge in [0.15, 0.2) is 0 Å². The van der Waals surface area contributed by atoms with Crippen LogP contribution in [0.4, 0.5) is 0 Å². The zero-order valence-electron chi connectivity index (χ0n) is 11.9. The van der Waals surface area contributed by atoms with Crippen molar-refractivity contribution in [2.45, 2.75) is 42.4 Å². The SMILES string of the molecule is O=S(=O)(N[C@@H]1C[C@@H]2CC[C@H]1O2)c1ccc(-c2cn[nH]c2)cc1. The molecule has 2 aromatic rings. The Morgan fingerprint density at radius 3 is 2.59 bits per heavy atom. The fourth-order valence-electron chi connectivity index (χ4n) is 3.26. The molecule has 0 radical (unpaired) electrons. The Bertz CT molecular complexity index is 756. The average molecular weight is 319 g/mol. The van der Waals surface area contributed by atoms with Crippen LogP contribution in [0.15, 0.2) is 41.6 Å². The molecule has 4 rings (SSSR count). The van der Waals surface area contributed by atoms with Gasteiger partial charge in [0.05, 0.1) is 29.3 Å². The molecule has 2 aliphatic heterocycles. The number of ether oxygens (including phenoxy) is 1. The Balaban J connectivity index is 1.53. The van der Waals surface area contributed by atoms with E-state index < -0.39 is 10.0 Å². The summed E-state index contributed by atoms with van der Waals surface area (Å²) in [4.78, 5) is 0.280. The van der Waals surface area contributed by atoms with Gasteiger partial charge in [0.25, 0.3) is 0 Å². The van der Waals surface area contributed by atoms with Crippen LogP contribution in [0, 0.1) is 0 Å². The predicted molar refractivity (Wildman–Crippen MR) is 80.6 cm³/mol. The molecule has 0 spiro atoms. The average Bonchev–Trinajstić information content (AvgIpc) is 3.25. The number of nitrogens with zero attached hydrogens (tertiary/aromatic N) is 1. The number of hydrogen-bond acceptors (Lipinski definition) is 4. The summed E-state index contributed by atoms with van der Waals surface area (Å²) >= 11 is 0. The zero-order chi connectivity index (χ0) is 15.2. The van der Waals surface area contributed by atoms with E-state index in [1.165, 1.54) is 0 Å². The first-order chi connectivity index (χ1) is 10.6. The number of nitrogens with one attached hydrogen (secondary N) is 2. The highest BCUT2D eigenvalue weighted by molar-refractivity contribution is 7.89. The second kappa shape index (κ2) is 5.19. The van der Waals surface area contributed by atoms with E-state index in [0.29, 0.717) is 0 Å². The predicted octanol–water partition coefficient (Wildman–Crippen LogP) is 1.67. The van der Waals surface area contributed by atoms with E-state index in [1.807, 2.05) is 0 Å². The first-order valence-corrected chi connectivity index (χ1v) is 8.87. The van der Waals surface area contributed by atoms with Crippen molar-refractivity contribution >= 4 is 10.0 Å². The van der Waals surface area contributed by atoms with Crippen LogP contribution in [0.5, 0.6) is 0 Å². The topological polar surface area (TPSA) is 84.1 Å². The maximum Gasteiger partial charge on any atom is 0.240 e. The van der Waals surface area contributed by atoms with E-state index in [9.17, 15) is 8.42 Å². The highest BCUT2D eigenvalue weighted by Crippen LogP contribution is 2.35. The number of benzene rings is 1. The molecule has 2 N–H and O–H groups in total. The fourth-order valence-corrected chi connectivity index (χ4v) is 4.54. The standard InChI is InChI=1S/C15H17N3O3S/c19-22(20,18-14-7-12-3-6-15(14)21-12)13-4-1-10(2-5-13)11-8-16-17-9-11/h1-2,4-5,8-9,12,14-15,18H,3,6-7H2,(H,16,17)/t12-,14+,15+/m0/s1. The molecule has 1 aromatic carbocycles. The quantitative estimate of drug-likeness (QED) is 0.898. The summed E-state index contributed by atoms with van der Waals surface area (Å²) in [7, 11) is -3.51. The molecule has 0 aliphatic carbocycles. The van der Waals surface area contributed by atoms with Crippen molar-refractivity contribution in [3.8, 4) is 11.1 Å². The van der Waals surface area contributed by atoms with Crippen molar-refractivity contribution in [3.05, 3.63) is 36.7 Å². The van der Waals surface area contributed by atoms with Crippen LogP contribution in [-0.4, -0.2) is 36.9 Å². The normalized spacial score (nSPS) is 27.4. The van der Waals surface area contributed by atoms with Crippen molar-refractivity contribution in [3.63, 3.8) is 0 Å². The Labute approximate surface area is 128 Å². The summed E-state index contributed by atoms with van der Waals surface area (Å²) in [5.74, 6) is 0. The van der Waals surface area contributed by atoms with Crippen molar-refractivity contribution < 1.29 is 13.2 Å². The first kappa shape index (κ1) is 13.9. The van der Waals surface area contributed by atoms with Crippen LogP contribution in [0.1, 0.15) is 19.3 Å². The molecule has 1 aromatic heterocycles. The van der Waals surface area contributed by atoms with E-state index in [2.05, 4.69) is 14.9 Å². The van der Waals surface area contributed by atoms with Gasteiger partial charge in [-0.1, -0.05) is 12.1 Å². The molecular formula is C15H17N3O3S. The second-order valence-corrected chi connectivity index (χ2v) is 7.56. The lowest BCUT2D eigenvalue weighted by molar-refractivity contribution is 0.0996. The zero-order valence-corrected chi connectivity index (χ0v) is 12.7. The second-order valence-electron chi connectivity index (χ2n) is 5.85. The molecule has 116 valence electrons. The molecule has 22 heavy (non-hydrogen) atoms. The molecule has 6 nitrogen and oxygen atoms in total. The molecule has 2 aliphatic rings. The number of sulfonamides is 1. The number of hydrogen-bond donors (Lipinski definition) is 2. The third-order valence-corrected chi connectivity index (χ3v) is 5.91. The third-order valence-electron chi connectivity index (χ3n) is 4.41. The van der Waals surface area contributed by atoms with Gasteiger partial charge < -0.3 is 4.74 Å². The molecule has 2 saturated heterocycles. The van der Waals surface area contributed by atoms with Gasteiger partial charge in [0.2, 0.25) is 10.0 Å². The molecular weight excluding hydrogens is 302 g/mol. The van der Waals surface area contributed by atoms with E-state index in [-0.39, 0.29) is 23.1 Å². The summed E-state index contributed by atoms with van der Waals surface area (Å²) < 4.78 is 33.4. The first-order valence-electron chi connectivity index (χ1n) is 7.39. The minimum absolute atomic E-state index is 0.0324. The fraction of sp³-hybridized carbons (Fsp3) is 0.400. The van der Waals surface area contributed by atoms with E-state index in [0.717, 1.165) is 30.4 Å². The van der Waals surface area contributed by atoms with Gasteiger partial charge >= 0.3 is 0 Å². The lowest BCUT2D eigenvalue weighted by Crippen LogP contribution is -2.41. The summed E-state index contributed by atoms with van der Waals surface area (Å²) in [5.41, 5.74) is 1.86. The van der Waals surface area contributed by atoms with Crippen molar-refractivity contribution in [2.75, 3.05) is 0 Å². The van der Waals surface area contributed by atoms with Crippen molar-refractivity contribution in [2.24, 2.45) is 0 Å². The number of fused-ring (bicyclic) bond motifs is 2. The molecule has 3 heterocycles. The molecule has 7 heteroatoms. The maximum atomic E-state index is 12.5. The molecule has 3 atom stereocenters. The minimum atomic E-state index is -3.51. The summed E-state index contributed by atoms with van der Waals surface area (Å²) in [5, 5.41) is 6.63. The molecule has 2 bridgehead atoms. The summed E-state index contributed by atoms with van der Waals surface area (Å²) in [6.45, 7) is 0. The Hall–Kier alpha value is -1.70. The van der Waals surface area contributed by atoms with Crippen molar-refractivity contribution in [1.29, 1.82) is 0 Å². The van der Waals surface area contributed by atoms with Crippen LogP contribution in [0.3, 0.4) is 0 Å². The van der Waals surface area contributed by atoms with Gasteiger partial charge in [-0.15, -0.1) is 0 Å². The van der Waals surface area contributed by atoms with Crippen LogP contribution in [0.25, 0.3) is 11.1 Å². The van der Waals surface area contributed by atoms with Crippen LogP contribution in [-0.2, 0) is 14.8 Å². The lowest BCUT2D eigenvalue weighted by atomic mass is 9.96. The maximum absolute atomic E-state index is 12.5. The van der Waals surface area contributed by atoms with Gasteiger partial charge in [-0.3, -0.25) is 5.10 Å². The summed E-state index contributed by atoms with van der Waals surface area (Å²) in [6, 6.07) is 6.72. The number of H-pyrrole nitrogens is 1. The Kier molecular flexibility index (Phi) is 3.28. The van der Waals surface area contributed by atoms with Gasteiger partial charge in [-0.05, 0) is 37.0 Å². The monoisotopic (exact) mass is 319 g/mol. The van der Waals surface area contributed by atoms with Gasteiger partial charge in [0.1, 0.15) is 0 Å². The summed E-state index contributed by atoms with van der Waals surface area (Å²) in [6.07, 6.45) is 6.49. The smallest absolute Gasteiger partial charge is 0.240 e. The van der Waals surface area contributed by atoms with E-state index in [4.69, 9.17) is 4.74 Å². The number of aromatic amines is 1. The van der Waals surface area contributed by atoms with Crippen LogP contribution >= 0.6 is 0 Å². The van der Waals surface area contributed by atoms with E-state index in [1.54, 1.807) is 36.7 Å². The van der Waals surface area contributed by atoms with Gasteiger partial charge in [-0.25, -0.2) is 13.1 Å². The van der Waals surface area contributed by atoms with E-state index >= 15 is 0 Å². The largest absolute Gasteiger partial charge is 0.373 e. The molecule has 0 saturated carbocycles. The Morgan fingerprint density at radius 2 is 2.00 bits per heavy atom. The lowest BCUT2D eigenvalue weighted by Gasteiger charge is -2.20.